The van der Waals surface area contributed by atoms with Crippen LogP contribution < -0.4 is 0 Å². The zero-order chi connectivity index (χ0) is 24.7. The van der Waals surface area contributed by atoms with Gasteiger partial charge >= 0.3 is 0 Å². The monoisotopic (exact) mass is 516 g/mol. The summed E-state index contributed by atoms with van der Waals surface area (Å²) in [6.45, 7) is 2.21. The van der Waals surface area contributed by atoms with E-state index in [0.717, 1.165) is 27.4 Å². The molecule has 2 aliphatic heterocycles. The van der Waals surface area contributed by atoms with Crippen molar-refractivity contribution >= 4 is 34.8 Å². The van der Waals surface area contributed by atoms with Gasteiger partial charge in [-0.05, 0) is 41.1 Å². The Kier molecular flexibility index (Phi) is 5.90. The number of nitrogens with zero attached hydrogens (tertiary/aromatic N) is 4. The van der Waals surface area contributed by atoms with Gasteiger partial charge in [-0.3, -0.25) is 9.59 Å². The number of imidazole rings is 1. The first-order valence-corrected chi connectivity index (χ1v) is 13.3. The SMILES string of the molecule is O=C(CCC1(c2ccc(Cl)cc2)c2ccccc2-c2nccn21)N1CCN(C(=O)c2cccs2)CC1. The molecular weight excluding hydrogens is 492 g/mol. The minimum absolute atomic E-state index is 0.0500. The summed E-state index contributed by atoms with van der Waals surface area (Å²) >= 11 is 7.69. The van der Waals surface area contributed by atoms with Crippen LogP contribution >= 0.6 is 22.9 Å². The summed E-state index contributed by atoms with van der Waals surface area (Å²) in [5.41, 5.74) is 2.77. The minimum Gasteiger partial charge on any atom is -0.339 e. The van der Waals surface area contributed by atoms with Crippen LogP contribution in [0.25, 0.3) is 11.4 Å². The van der Waals surface area contributed by atoms with Gasteiger partial charge in [0.2, 0.25) is 5.91 Å². The van der Waals surface area contributed by atoms with Gasteiger partial charge in [-0.25, -0.2) is 4.98 Å². The van der Waals surface area contributed by atoms with Gasteiger partial charge in [-0.15, -0.1) is 11.3 Å². The Morgan fingerprint density at radius 1 is 0.944 bits per heavy atom. The summed E-state index contributed by atoms with van der Waals surface area (Å²) in [5.74, 6) is 1.07. The van der Waals surface area contributed by atoms with Gasteiger partial charge in [-0.2, -0.15) is 0 Å². The largest absolute Gasteiger partial charge is 0.339 e. The number of amides is 2. The van der Waals surface area contributed by atoms with Crippen LogP contribution in [0.5, 0.6) is 0 Å². The van der Waals surface area contributed by atoms with Crippen LogP contribution in [0, 0.1) is 0 Å². The second kappa shape index (κ2) is 9.22. The number of fused-ring (bicyclic) bond motifs is 3. The van der Waals surface area contributed by atoms with E-state index in [1.807, 2.05) is 76.1 Å². The molecule has 8 heteroatoms. The van der Waals surface area contributed by atoms with E-state index in [4.69, 9.17) is 11.6 Å². The lowest BCUT2D eigenvalue weighted by Crippen LogP contribution is -2.50. The maximum Gasteiger partial charge on any atom is 0.264 e. The van der Waals surface area contributed by atoms with Crippen molar-refractivity contribution in [1.82, 2.24) is 19.4 Å². The lowest BCUT2D eigenvalue weighted by molar-refractivity contribution is -0.133. The van der Waals surface area contributed by atoms with E-state index >= 15 is 0 Å². The average Bonchev–Trinajstić information content (AvgIpc) is 3.66. The summed E-state index contributed by atoms with van der Waals surface area (Å²) in [6, 6.07) is 19.9. The number of hydrogen-bond donors (Lipinski definition) is 0. The van der Waals surface area contributed by atoms with Crippen LogP contribution in [-0.2, 0) is 10.3 Å². The van der Waals surface area contributed by atoms with E-state index in [9.17, 15) is 9.59 Å². The maximum atomic E-state index is 13.4. The van der Waals surface area contributed by atoms with Gasteiger partial charge in [-0.1, -0.05) is 54.1 Å². The molecule has 1 atom stereocenters. The molecule has 6 nitrogen and oxygen atoms in total. The number of benzene rings is 2. The summed E-state index contributed by atoms with van der Waals surface area (Å²) in [6.07, 6.45) is 4.81. The highest BCUT2D eigenvalue weighted by molar-refractivity contribution is 7.12. The van der Waals surface area contributed by atoms with Crippen LogP contribution in [0.1, 0.15) is 33.6 Å². The van der Waals surface area contributed by atoms with E-state index in [1.165, 1.54) is 11.3 Å². The molecule has 2 aromatic carbocycles. The standard InChI is InChI=1S/C28H25ClN4O2S/c29-21-9-7-20(8-10-21)28(23-5-2-1-4-22(23)26-30-13-14-33(26)28)12-11-25(34)31-15-17-32(18-16-31)27(35)24-6-3-19-36-24/h1-10,13-14,19H,11-12,15-18H2. The molecule has 0 radical (unpaired) electrons. The first-order valence-electron chi connectivity index (χ1n) is 12.1. The number of hydrogen-bond acceptors (Lipinski definition) is 4. The third kappa shape index (κ3) is 3.74. The average molecular weight is 517 g/mol. The second-order valence-electron chi connectivity index (χ2n) is 9.18. The summed E-state index contributed by atoms with van der Waals surface area (Å²) in [4.78, 5) is 35.2. The maximum absolute atomic E-state index is 13.4. The van der Waals surface area contributed by atoms with Gasteiger partial charge in [0.25, 0.3) is 5.91 Å². The molecule has 0 bridgehead atoms. The lowest BCUT2D eigenvalue weighted by atomic mass is 9.79. The Morgan fingerprint density at radius 2 is 1.69 bits per heavy atom. The van der Waals surface area contributed by atoms with Crippen molar-refractivity contribution in [3.63, 3.8) is 0 Å². The zero-order valence-electron chi connectivity index (χ0n) is 19.6. The van der Waals surface area contributed by atoms with Crippen molar-refractivity contribution in [3.8, 4) is 11.4 Å². The molecule has 0 aliphatic carbocycles. The summed E-state index contributed by atoms with van der Waals surface area (Å²) in [5, 5.41) is 2.59. The Labute approximate surface area is 218 Å². The van der Waals surface area contributed by atoms with Crippen LogP contribution in [0.15, 0.2) is 78.4 Å². The van der Waals surface area contributed by atoms with Crippen molar-refractivity contribution in [3.05, 3.63) is 99.5 Å². The fourth-order valence-corrected chi connectivity index (χ4v) is 6.38. The van der Waals surface area contributed by atoms with Crippen molar-refractivity contribution in [2.75, 3.05) is 26.2 Å². The van der Waals surface area contributed by atoms with Crippen molar-refractivity contribution in [2.45, 2.75) is 18.4 Å². The molecule has 2 aromatic heterocycles. The number of halogens is 1. The van der Waals surface area contributed by atoms with Crippen molar-refractivity contribution < 1.29 is 9.59 Å². The highest BCUT2D eigenvalue weighted by Crippen LogP contribution is 2.49. The molecule has 2 amide bonds. The molecule has 1 saturated heterocycles. The molecular formula is C28H25ClN4O2S. The number of rotatable bonds is 5. The molecule has 36 heavy (non-hydrogen) atoms. The predicted molar refractivity (Wildman–Crippen MR) is 141 cm³/mol. The van der Waals surface area contributed by atoms with E-state index in [2.05, 4.69) is 21.7 Å². The molecule has 4 aromatic rings. The molecule has 2 aliphatic rings. The predicted octanol–water partition coefficient (Wildman–Crippen LogP) is 5.14. The highest BCUT2D eigenvalue weighted by Gasteiger charge is 2.45. The Bertz CT molecular complexity index is 1410. The number of aromatic nitrogens is 2. The minimum atomic E-state index is -0.542. The van der Waals surface area contributed by atoms with E-state index in [-0.39, 0.29) is 11.8 Å². The molecule has 182 valence electrons. The van der Waals surface area contributed by atoms with E-state index in [0.29, 0.717) is 44.0 Å². The Hall–Kier alpha value is -3.42. The van der Waals surface area contributed by atoms with Gasteiger partial charge in [0.15, 0.2) is 0 Å². The third-order valence-corrected chi connectivity index (χ3v) is 8.45. The Morgan fingerprint density at radius 3 is 2.44 bits per heavy atom. The number of carbonyl (C=O) groups excluding carboxylic acids is 2. The first kappa shape index (κ1) is 23.0. The second-order valence-corrected chi connectivity index (χ2v) is 10.6. The van der Waals surface area contributed by atoms with Gasteiger partial charge in [0.1, 0.15) is 5.82 Å². The molecule has 0 N–H and O–H groups in total. The number of thiophene rings is 1. The lowest BCUT2D eigenvalue weighted by Gasteiger charge is -2.37. The normalized spacial score (nSPS) is 18.7. The van der Waals surface area contributed by atoms with E-state index in [1.54, 1.807) is 0 Å². The fourth-order valence-electron chi connectivity index (χ4n) is 5.56. The van der Waals surface area contributed by atoms with Gasteiger partial charge < -0.3 is 14.4 Å². The first-order chi connectivity index (χ1) is 17.6. The summed E-state index contributed by atoms with van der Waals surface area (Å²) < 4.78 is 2.20. The van der Waals surface area contributed by atoms with Crippen LogP contribution in [0.4, 0.5) is 0 Å². The van der Waals surface area contributed by atoms with Crippen molar-refractivity contribution in [2.24, 2.45) is 0 Å². The van der Waals surface area contributed by atoms with Crippen molar-refractivity contribution in [1.29, 1.82) is 0 Å². The van der Waals surface area contributed by atoms with Gasteiger partial charge in [0, 0.05) is 55.6 Å². The molecule has 1 fully saturated rings. The van der Waals surface area contributed by atoms with Gasteiger partial charge in [0.05, 0.1) is 10.4 Å². The molecule has 6 rings (SSSR count). The molecule has 1 unspecified atom stereocenters. The number of carbonyl (C=O) groups is 2. The summed E-state index contributed by atoms with van der Waals surface area (Å²) in [7, 11) is 0. The zero-order valence-corrected chi connectivity index (χ0v) is 21.2. The van der Waals surface area contributed by atoms with E-state index < -0.39 is 5.54 Å². The topological polar surface area (TPSA) is 58.4 Å². The fraction of sp³-hybridized carbons (Fsp3) is 0.250. The highest BCUT2D eigenvalue weighted by atomic mass is 35.5. The van der Waals surface area contributed by atoms with Crippen LogP contribution in [-0.4, -0.2) is 57.3 Å². The molecule has 4 heterocycles. The number of piperazine rings is 1. The molecule has 0 saturated carbocycles. The third-order valence-electron chi connectivity index (χ3n) is 7.34. The van der Waals surface area contributed by atoms with Crippen LogP contribution in [0.2, 0.25) is 5.02 Å². The quantitative estimate of drug-likeness (QED) is 0.369. The Balaban J connectivity index is 1.24. The smallest absolute Gasteiger partial charge is 0.264 e. The van der Waals surface area contributed by atoms with Crippen LogP contribution in [0.3, 0.4) is 0 Å². The molecule has 0 spiro atoms.